The minimum Gasteiger partial charge on any atom is -0.383 e. The Balaban J connectivity index is 1.94. The molecule has 0 fully saturated rings. The third-order valence-corrected chi connectivity index (χ3v) is 5.67. The highest BCUT2D eigenvalue weighted by Gasteiger charge is 2.35. The summed E-state index contributed by atoms with van der Waals surface area (Å²) >= 11 is 0. The average Bonchev–Trinajstić information content (AvgIpc) is 2.98. The molecule has 2 amide bonds. The van der Waals surface area contributed by atoms with Gasteiger partial charge >= 0.3 is 0 Å². The lowest BCUT2D eigenvalue weighted by atomic mass is 9.86. The van der Waals surface area contributed by atoms with E-state index in [0.29, 0.717) is 25.4 Å². The van der Waals surface area contributed by atoms with Crippen LogP contribution in [-0.2, 0) is 22.6 Å². The van der Waals surface area contributed by atoms with E-state index in [0.717, 1.165) is 36.6 Å². The number of methoxy groups -OCH3 is 1. The molecule has 8 nitrogen and oxygen atoms in total. The average molecular weight is 442 g/mol. The number of fused-ring (bicyclic) bond motifs is 1. The normalized spacial score (nSPS) is 15.5. The fraction of sp³-hybridized carbons (Fsp3) is 0.542. The lowest BCUT2D eigenvalue weighted by Gasteiger charge is -2.30. The van der Waals surface area contributed by atoms with E-state index in [1.54, 1.807) is 7.11 Å². The lowest BCUT2D eigenvalue weighted by Crippen LogP contribution is -2.54. The smallest absolute Gasteiger partial charge is 0.272 e. The second kappa shape index (κ2) is 10.3. The summed E-state index contributed by atoms with van der Waals surface area (Å²) in [6.07, 6.45) is 0.979. The first kappa shape index (κ1) is 23.9. The number of hydrogen-bond donors (Lipinski definition) is 2. The van der Waals surface area contributed by atoms with Crippen LogP contribution in [0.3, 0.4) is 0 Å². The molecule has 2 heterocycles. The third kappa shape index (κ3) is 5.55. The minimum atomic E-state index is -0.701. The predicted molar refractivity (Wildman–Crippen MR) is 124 cm³/mol. The summed E-state index contributed by atoms with van der Waals surface area (Å²) in [6.45, 7) is 8.98. The topological polar surface area (TPSA) is 88.5 Å². The second-order valence-corrected chi connectivity index (χ2v) is 9.40. The van der Waals surface area contributed by atoms with Crippen molar-refractivity contribution in [1.29, 1.82) is 0 Å². The van der Waals surface area contributed by atoms with Gasteiger partial charge in [-0.2, -0.15) is 0 Å². The number of carbonyl (C=O) groups is 2. The van der Waals surface area contributed by atoms with Crippen LogP contribution in [0.15, 0.2) is 30.3 Å². The van der Waals surface area contributed by atoms with Gasteiger partial charge in [0.25, 0.3) is 5.91 Å². The molecule has 1 atom stereocenters. The van der Waals surface area contributed by atoms with Gasteiger partial charge in [0, 0.05) is 32.3 Å². The molecule has 0 aliphatic carbocycles. The van der Waals surface area contributed by atoms with Gasteiger partial charge in [0.15, 0.2) is 5.69 Å². The Bertz CT molecular complexity index is 933. The first-order valence-electron chi connectivity index (χ1n) is 11.1. The van der Waals surface area contributed by atoms with Crippen molar-refractivity contribution >= 4 is 11.8 Å². The Labute approximate surface area is 190 Å². The number of nitrogens with one attached hydrogen (secondary N) is 2. The van der Waals surface area contributed by atoms with Crippen LogP contribution >= 0.6 is 0 Å². The van der Waals surface area contributed by atoms with Crippen molar-refractivity contribution in [2.75, 3.05) is 33.9 Å². The molecular weight excluding hydrogens is 406 g/mol. The molecule has 1 aromatic heterocycles. The largest absolute Gasteiger partial charge is 0.383 e. The van der Waals surface area contributed by atoms with E-state index >= 15 is 0 Å². The van der Waals surface area contributed by atoms with E-state index in [1.807, 2.05) is 58.2 Å². The van der Waals surface area contributed by atoms with Gasteiger partial charge in [-0.25, -0.2) is 4.98 Å². The molecule has 2 aromatic rings. The van der Waals surface area contributed by atoms with Crippen LogP contribution in [0.1, 0.15) is 43.4 Å². The first-order valence-corrected chi connectivity index (χ1v) is 11.1. The van der Waals surface area contributed by atoms with Crippen LogP contribution in [0.25, 0.3) is 11.4 Å². The number of aromatic nitrogens is 2. The zero-order valence-electron chi connectivity index (χ0n) is 19.8. The van der Waals surface area contributed by atoms with Gasteiger partial charge in [0.2, 0.25) is 5.91 Å². The van der Waals surface area contributed by atoms with Gasteiger partial charge in [-0.3, -0.25) is 9.59 Å². The van der Waals surface area contributed by atoms with E-state index in [9.17, 15) is 9.59 Å². The van der Waals surface area contributed by atoms with Crippen molar-refractivity contribution in [3.8, 4) is 11.4 Å². The fourth-order valence-electron chi connectivity index (χ4n) is 3.96. The van der Waals surface area contributed by atoms with Crippen LogP contribution in [0.4, 0.5) is 0 Å². The molecule has 3 rings (SSSR count). The number of benzene rings is 1. The lowest BCUT2D eigenvalue weighted by molar-refractivity contribution is -0.125. The molecule has 174 valence electrons. The van der Waals surface area contributed by atoms with E-state index in [2.05, 4.69) is 20.1 Å². The molecule has 0 saturated heterocycles. The summed E-state index contributed by atoms with van der Waals surface area (Å²) in [6, 6.07) is 9.22. The van der Waals surface area contributed by atoms with Crippen LogP contribution in [0.2, 0.25) is 0 Å². The van der Waals surface area contributed by atoms with Crippen LogP contribution in [-0.4, -0.2) is 66.2 Å². The molecule has 1 aromatic carbocycles. The minimum absolute atomic E-state index is 0.228. The molecule has 1 aliphatic rings. The van der Waals surface area contributed by atoms with Gasteiger partial charge in [-0.15, -0.1) is 0 Å². The molecule has 0 bridgehead atoms. The highest BCUT2D eigenvalue weighted by atomic mass is 16.5. The van der Waals surface area contributed by atoms with Crippen molar-refractivity contribution in [2.45, 2.75) is 46.3 Å². The van der Waals surface area contributed by atoms with Crippen molar-refractivity contribution in [3.05, 3.63) is 41.7 Å². The van der Waals surface area contributed by atoms with Gasteiger partial charge < -0.3 is 24.8 Å². The molecule has 2 N–H and O–H groups in total. The summed E-state index contributed by atoms with van der Waals surface area (Å²) in [5.74, 6) is 0.236. The number of ether oxygens (including phenoxy) is 1. The summed E-state index contributed by atoms with van der Waals surface area (Å²) < 4.78 is 7.17. The van der Waals surface area contributed by atoms with Crippen molar-refractivity contribution in [1.82, 2.24) is 25.1 Å². The van der Waals surface area contributed by atoms with Gasteiger partial charge in [-0.1, -0.05) is 51.1 Å². The van der Waals surface area contributed by atoms with Crippen molar-refractivity contribution in [2.24, 2.45) is 5.41 Å². The summed E-state index contributed by atoms with van der Waals surface area (Å²) in [5.41, 5.74) is 1.77. The maximum Gasteiger partial charge on any atom is 0.272 e. The van der Waals surface area contributed by atoms with E-state index < -0.39 is 11.5 Å². The molecule has 0 radical (unpaired) electrons. The maximum atomic E-state index is 13.5. The second-order valence-electron chi connectivity index (χ2n) is 9.40. The number of nitrogens with zero attached hydrogens (tertiary/aromatic N) is 3. The number of hydrogen-bond acceptors (Lipinski definition) is 5. The number of rotatable bonds is 7. The Kier molecular flexibility index (Phi) is 7.69. The number of amides is 2. The van der Waals surface area contributed by atoms with Crippen molar-refractivity contribution in [3.63, 3.8) is 0 Å². The third-order valence-electron chi connectivity index (χ3n) is 5.67. The summed E-state index contributed by atoms with van der Waals surface area (Å²) in [4.78, 5) is 33.3. The summed E-state index contributed by atoms with van der Waals surface area (Å²) in [7, 11) is 3.63. The first-order chi connectivity index (χ1) is 15.2. The Morgan fingerprint density at radius 2 is 1.91 bits per heavy atom. The maximum absolute atomic E-state index is 13.5. The fourth-order valence-corrected chi connectivity index (χ4v) is 3.96. The quantitative estimate of drug-likeness (QED) is 0.644. The Hall–Kier alpha value is -2.71. The molecule has 1 unspecified atom stereocenters. The van der Waals surface area contributed by atoms with Gasteiger partial charge in [0.05, 0.1) is 12.3 Å². The molecule has 0 saturated carbocycles. The zero-order chi connectivity index (χ0) is 23.3. The Morgan fingerprint density at radius 3 is 2.56 bits per heavy atom. The van der Waals surface area contributed by atoms with Crippen LogP contribution < -0.4 is 10.6 Å². The molecule has 8 heteroatoms. The Morgan fingerprint density at radius 1 is 1.19 bits per heavy atom. The zero-order valence-corrected chi connectivity index (χ0v) is 19.8. The SMILES string of the molecule is COCCNC(=O)C(NC(=O)c1nc(-c2ccccc2)n2c1CN(C)CCC2)C(C)(C)C. The van der Waals surface area contributed by atoms with E-state index in [1.165, 1.54) is 0 Å². The monoisotopic (exact) mass is 441 g/mol. The molecule has 1 aliphatic heterocycles. The van der Waals surface area contributed by atoms with Gasteiger partial charge in [0.1, 0.15) is 11.9 Å². The van der Waals surface area contributed by atoms with E-state index in [-0.39, 0.29) is 11.8 Å². The molecule has 0 spiro atoms. The number of imidazole rings is 1. The molecular formula is C24H35N5O3. The van der Waals surface area contributed by atoms with Gasteiger partial charge in [-0.05, 0) is 25.4 Å². The van der Waals surface area contributed by atoms with E-state index in [4.69, 9.17) is 9.72 Å². The summed E-state index contributed by atoms with van der Waals surface area (Å²) in [5, 5.41) is 5.81. The highest BCUT2D eigenvalue weighted by molar-refractivity contribution is 5.98. The van der Waals surface area contributed by atoms with Crippen LogP contribution in [0, 0.1) is 5.41 Å². The van der Waals surface area contributed by atoms with Crippen molar-refractivity contribution < 1.29 is 14.3 Å². The number of carbonyl (C=O) groups excluding carboxylic acids is 2. The highest BCUT2D eigenvalue weighted by Crippen LogP contribution is 2.27. The standard InChI is InChI=1S/C24H35N5O3/c1-24(2,3)20(23(31)25-12-15-32-5)27-22(30)19-18-16-28(4)13-9-14-29(18)21(26-19)17-10-7-6-8-11-17/h6-8,10-11,20H,9,12-16H2,1-5H3,(H,25,31)(H,27,30). The molecule has 32 heavy (non-hydrogen) atoms. The predicted octanol–water partition coefficient (Wildman–Crippen LogP) is 2.29. The van der Waals surface area contributed by atoms with Crippen LogP contribution in [0.5, 0.6) is 0 Å².